The van der Waals surface area contributed by atoms with Crippen LogP contribution in [0.1, 0.15) is 0 Å². The van der Waals surface area contributed by atoms with Gasteiger partial charge in [-0.2, -0.15) is 0 Å². The number of benzene rings is 1. The van der Waals surface area contributed by atoms with Crippen LogP contribution in [0.3, 0.4) is 0 Å². The molecule has 4 heteroatoms. The van der Waals surface area contributed by atoms with E-state index in [2.05, 4.69) is 0 Å². The standard InChI is InChI=1S/C8H8F2OS/c9-6-2-1-3-7(10)8(6)12-5-4-11/h1-3,11H,4-5H2. The molecular weight excluding hydrogens is 182 g/mol. The molecule has 0 amide bonds. The van der Waals surface area contributed by atoms with Crippen LogP contribution in [-0.2, 0) is 0 Å². The zero-order valence-corrected chi connectivity index (χ0v) is 7.07. The van der Waals surface area contributed by atoms with E-state index >= 15 is 0 Å². The molecule has 12 heavy (non-hydrogen) atoms. The fraction of sp³-hybridized carbons (Fsp3) is 0.250. The molecule has 1 aromatic carbocycles. The van der Waals surface area contributed by atoms with Crippen molar-refractivity contribution >= 4 is 11.8 Å². The highest BCUT2D eigenvalue weighted by Crippen LogP contribution is 2.24. The highest BCUT2D eigenvalue weighted by atomic mass is 32.2. The summed E-state index contributed by atoms with van der Waals surface area (Å²) in [6.07, 6.45) is 0. The molecule has 0 heterocycles. The third-order valence-corrected chi connectivity index (χ3v) is 2.32. The topological polar surface area (TPSA) is 20.2 Å². The van der Waals surface area contributed by atoms with Crippen molar-refractivity contribution in [3.8, 4) is 0 Å². The molecule has 1 nitrogen and oxygen atoms in total. The second kappa shape index (κ2) is 4.42. The molecule has 1 aromatic rings. The summed E-state index contributed by atoms with van der Waals surface area (Å²) in [7, 11) is 0. The molecule has 0 radical (unpaired) electrons. The molecular formula is C8H8F2OS. The first-order chi connectivity index (χ1) is 5.75. The lowest BCUT2D eigenvalue weighted by Gasteiger charge is -2.01. The van der Waals surface area contributed by atoms with Gasteiger partial charge in [-0.1, -0.05) is 6.07 Å². The van der Waals surface area contributed by atoms with Crippen LogP contribution in [0.2, 0.25) is 0 Å². The van der Waals surface area contributed by atoms with E-state index in [4.69, 9.17) is 5.11 Å². The van der Waals surface area contributed by atoms with E-state index < -0.39 is 11.6 Å². The van der Waals surface area contributed by atoms with E-state index in [1.54, 1.807) is 0 Å². The summed E-state index contributed by atoms with van der Waals surface area (Å²) in [6, 6.07) is 3.71. The minimum Gasteiger partial charge on any atom is -0.396 e. The number of halogens is 2. The number of thioether (sulfide) groups is 1. The molecule has 0 unspecified atom stereocenters. The van der Waals surface area contributed by atoms with Crippen molar-refractivity contribution in [1.29, 1.82) is 0 Å². The van der Waals surface area contributed by atoms with Crippen LogP contribution in [0.4, 0.5) is 8.78 Å². The minimum absolute atomic E-state index is 0.0217. The van der Waals surface area contributed by atoms with Crippen LogP contribution in [-0.4, -0.2) is 17.5 Å². The summed E-state index contributed by atoms with van der Waals surface area (Å²) >= 11 is 0.974. The van der Waals surface area contributed by atoms with Crippen molar-refractivity contribution in [3.05, 3.63) is 29.8 Å². The molecule has 0 aliphatic heterocycles. The van der Waals surface area contributed by atoms with Gasteiger partial charge in [-0.05, 0) is 12.1 Å². The number of hydrogen-bond donors (Lipinski definition) is 1. The van der Waals surface area contributed by atoms with Gasteiger partial charge >= 0.3 is 0 Å². The number of aliphatic hydroxyl groups excluding tert-OH is 1. The Labute approximate surface area is 73.4 Å². The second-order valence-corrected chi connectivity index (χ2v) is 3.23. The Hall–Kier alpha value is -0.610. The maximum atomic E-state index is 12.8. The Balaban J connectivity index is 2.81. The fourth-order valence-corrected chi connectivity index (χ4v) is 1.48. The number of rotatable bonds is 3. The molecule has 0 aliphatic rings. The summed E-state index contributed by atoms with van der Waals surface area (Å²) < 4.78 is 25.7. The summed E-state index contributed by atoms with van der Waals surface area (Å²) in [6.45, 7) is -0.0849. The Kier molecular flexibility index (Phi) is 3.49. The first kappa shape index (κ1) is 9.48. The normalized spacial score (nSPS) is 10.2. The van der Waals surface area contributed by atoms with Crippen LogP contribution in [0.25, 0.3) is 0 Å². The zero-order chi connectivity index (χ0) is 8.97. The van der Waals surface area contributed by atoms with Gasteiger partial charge in [-0.25, -0.2) is 8.78 Å². The molecule has 0 aromatic heterocycles. The molecule has 0 spiro atoms. The van der Waals surface area contributed by atoms with E-state index in [0.717, 1.165) is 11.8 Å². The highest BCUT2D eigenvalue weighted by Gasteiger charge is 2.07. The zero-order valence-electron chi connectivity index (χ0n) is 6.26. The fourth-order valence-electron chi connectivity index (χ4n) is 0.768. The predicted molar refractivity (Wildman–Crippen MR) is 44.2 cm³/mol. The van der Waals surface area contributed by atoms with Crippen LogP contribution < -0.4 is 0 Å². The molecule has 66 valence electrons. The minimum atomic E-state index is -0.576. The van der Waals surface area contributed by atoms with Crippen LogP contribution in [0.15, 0.2) is 23.1 Å². The monoisotopic (exact) mass is 190 g/mol. The van der Waals surface area contributed by atoms with E-state index in [1.165, 1.54) is 18.2 Å². The lowest BCUT2D eigenvalue weighted by molar-refractivity contribution is 0.322. The molecule has 1 N–H and O–H groups in total. The Morgan fingerprint density at radius 1 is 1.25 bits per heavy atom. The SMILES string of the molecule is OCCSc1c(F)cccc1F. The van der Waals surface area contributed by atoms with Crippen LogP contribution >= 0.6 is 11.8 Å². The van der Waals surface area contributed by atoms with Crippen molar-refractivity contribution in [2.75, 3.05) is 12.4 Å². The van der Waals surface area contributed by atoms with E-state index in [9.17, 15) is 8.78 Å². The summed E-state index contributed by atoms with van der Waals surface area (Å²) in [5, 5.41) is 8.44. The van der Waals surface area contributed by atoms with Gasteiger partial charge in [0.2, 0.25) is 0 Å². The van der Waals surface area contributed by atoms with E-state index in [-0.39, 0.29) is 11.5 Å². The first-order valence-corrected chi connectivity index (χ1v) is 4.42. The molecule has 0 aliphatic carbocycles. The van der Waals surface area contributed by atoms with E-state index in [1.807, 2.05) is 0 Å². The Morgan fingerprint density at radius 3 is 2.33 bits per heavy atom. The maximum absolute atomic E-state index is 12.8. The van der Waals surface area contributed by atoms with Gasteiger partial charge in [0, 0.05) is 5.75 Å². The van der Waals surface area contributed by atoms with Gasteiger partial charge in [0.1, 0.15) is 11.6 Å². The van der Waals surface area contributed by atoms with Gasteiger partial charge in [0.05, 0.1) is 11.5 Å². The van der Waals surface area contributed by atoms with Crippen molar-refractivity contribution in [3.63, 3.8) is 0 Å². The highest BCUT2D eigenvalue weighted by molar-refractivity contribution is 7.99. The molecule has 0 saturated carbocycles. The van der Waals surface area contributed by atoms with E-state index in [0.29, 0.717) is 5.75 Å². The first-order valence-electron chi connectivity index (χ1n) is 3.43. The molecule has 0 saturated heterocycles. The van der Waals surface area contributed by atoms with Crippen molar-refractivity contribution in [2.45, 2.75) is 4.90 Å². The Morgan fingerprint density at radius 2 is 1.83 bits per heavy atom. The average Bonchev–Trinajstić information content (AvgIpc) is 2.04. The van der Waals surface area contributed by atoms with Crippen LogP contribution in [0.5, 0.6) is 0 Å². The third-order valence-electron chi connectivity index (χ3n) is 1.26. The molecule has 0 atom stereocenters. The van der Waals surface area contributed by atoms with Gasteiger partial charge in [-0.3, -0.25) is 0 Å². The third kappa shape index (κ3) is 2.19. The maximum Gasteiger partial charge on any atom is 0.139 e. The smallest absolute Gasteiger partial charge is 0.139 e. The second-order valence-electron chi connectivity index (χ2n) is 2.12. The van der Waals surface area contributed by atoms with Gasteiger partial charge in [0.25, 0.3) is 0 Å². The number of hydrogen-bond acceptors (Lipinski definition) is 2. The lowest BCUT2D eigenvalue weighted by atomic mass is 10.3. The quantitative estimate of drug-likeness (QED) is 0.736. The summed E-state index contributed by atoms with van der Waals surface area (Å²) in [5.74, 6) is -0.848. The molecule has 0 fully saturated rings. The molecule has 0 bridgehead atoms. The predicted octanol–water partition coefficient (Wildman–Crippen LogP) is 2.05. The van der Waals surface area contributed by atoms with Gasteiger partial charge in [0.15, 0.2) is 0 Å². The van der Waals surface area contributed by atoms with Crippen LogP contribution in [0, 0.1) is 11.6 Å². The summed E-state index contributed by atoms with van der Waals surface area (Å²) in [5.41, 5.74) is 0. The molecule has 1 rings (SSSR count). The van der Waals surface area contributed by atoms with Gasteiger partial charge < -0.3 is 5.11 Å². The van der Waals surface area contributed by atoms with Crippen molar-refractivity contribution in [2.24, 2.45) is 0 Å². The largest absolute Gasteiger partial charge is 0.396 e. The van der Waals surface area contributed by atoms with Gasteiger partial charge in [-0.15, -0.1) is 11.8 Å². The number of aliphatic hydroxyl groups is 1. The lowest BCUT2D eigenvalue weighted by Crippen LogP contribution is -1.91. The average molecular weight is 190 g/mol. The van der Waals surface area contributed by atoms with Crippen molar-refractivity contribution < 1.29 is 13.9 Å². The Bertz CT molecular complexity index is 245. The summed E-state index contributed by atoms with van der Waals surface area (Å²) in [4.78, 5) is -0.0217. The van der Waals surface area contributed by atoms with Crippen molar-refractivity contribution in [1.82, 2.24) is 0 Å².